The molecule has 5 atom stereocenters. The third-order valence-electron chi connectivity index (χ3n) is 6.50. The molecule has 1 heterocycles. The minimum atomic E-state index is -5.14. The van der Waals surface area contributed by atoms with E-state index in [9.17, 15) is 18.0 Å². The van der Waals surface area contributed by atoms with Crippen LogP contribution in [-0.2, 0) is 34.1 Å². The minimum Gasteiger partial charge on any atom is -0.451 e. The van der Waals surface area contributed by atoms with Crippen molar-refractivity contribution in [2.45, 2.75) is 82.5 Å². The molecule has 9 heteroatoms. The predicted octanol–water partition coefficient (Wildman–Crippen LogP) is 5.78. The van der Waals surface area contributed by atoms with E-state index in [0.29, 0.717) is 12.0 Å². The average Bonchev–Trinajstić information content (AvgIpc) is 3.16. The van der Waals surface area contributed by atoms with Crippen LogP contribution in [0.1, 0.15) is 46.1 Å². The molecule has 1 aliphatic carbocycles. The molecule has 3 rings (SSSR count). The zero-order valence-electron chi connectivity index (χ0n) is 23.1. The van der Waals surface area contributed by atoms with Gasteiger partial charge in [-0.25, -0.2) is 4.79 Å². The maximum absolute atomic E-state index is 14.5. The van der Waals surface area contributed by atoms with Crippen molar-refractivity contribution in [3.63, 3.8) is 0 Å². The van der Waals surface area contributed by atoms with Gasteiger partial charge in [0.2, 0.25) is 0 Å². The van der Waals surface area contributed by atoms with Crippen molar-refractivity contribution in [2.24, 2.45) is 0 Å². The number of hydrogen-bond donors (Lipinski definition) is 0. The number of halogens is 3. The van der Waals surface area contributed by atoms with Gasteiger partial charge in [-0.1, -0.05) is 60.4 Å². The first-order valence-corrected chi connectivity index (χ1v) is 12.6. The van der Waals surface area contributed by atoms with Crippen LogP contribution in [0, 0.1) is 11.8 Å². The van der Waals surface area contributed by atoms with E-state index < -0.39 is 53.5 Å². The number of benzene rings is 1. The zero-order chi connectivity index (χ0) is 29.0. The number of allylic oxidation sites excluding steroid dienone is 3. The normalized spacial score (nSPS) is 25.3. The van der Waals surface area contributed by atoms with E-state index in [-0.39, 0.29) is 5.57 Å². The fraction of sp³-hybridized carbons (Fsp3) is 0.500. The number of ether oxygens (including phenoxy) is 5. The smallest absolute Gasteiger partial charge is 0.432 e. The second kappa shape index (κ2) is 12.1. The van der Waals surface area contributed by atoms with Crippen LogP contribution in [0.2, 0.25) is 0 Å². The summed E-state index contributed by atoms with van der Waals surface area (Å²) >= 11 is 0. The van der Waals surface area contributed by atoms with Crippen LogP contribution in [0.4, 0.5) is 13.2 Å². The molecule has 1 aromatic rings. The average molecular weight is 549 g/mol. The number of esters is 1. The molecule has 0 bridgehead atoms. The summed E-state index contributed by atoms with van der Waals surface area (Å²) < 4.78 is 71.7. The summed E-state index contributed by atoms with van der Waals surface area (Å²) in [4.78, 5) is 13.5. The lowest BCUT2D eigenvalue weighted by atomic mass is 9.88. The van der Waals surface area contributed by atoms with Crippen LogP contribution in [-0.4, -0.2) is 56.6 Å². The summed E-state index contributed by atoms with van der Waals surface area (Å²) in [6.45, 7) is 11.4. The van der Waals surface area contributed by atoms with E-state index >= 15 is 0 Å². The number of rotatable bonds is 8. The van der Waals surface area contributed by atoms with Crippen LogP contribution in [0.5, 0.6) is 0 Å². The van der Waals surface area contributed by atoms with Crippen molar-refractivity contribution >= 4 is 5.97 Å². The van der Waals surface area contributed by atoms with Gasteiger partial charge in [-0.3, -0.25) is 0 Å². The Hall–Kier alpha value is -2.90. The molecule has 0 aromatic heterocycles. The standard InChI is InChI=1S/C30H35F3O6/c1-19(2)12-11-13-20(3)16-17-21-18-23-25(39-28(4,5)38-23)26(35-6)24(21)37-27(34)29(36-7,30(31,32)33)22-14-9-8-10-15-22/h8-10,12,14-15,18,23-26H,3,11,13H2,1-2,4-7H3/t23?,24-,25?,26-,29?/m0/s1. The van der Waals surface area contributed by atoms with E-state index in [4.69, 9.17) is 23.7 Å². The molecule has 3 unspecified atom stereocenters. The number of carbonyl (C=O) groups is 1. The van der Waals surface area contributed by atoms with Crippen LogP contribution in [0.3, 0.4) is 0 Å². The Morgan fingerprint density at radius 2 is 1.82 bits per heavy atom. The number of alkyl halides is 3. The Morgan fingerprint density at radius 3 is 2.38 bits per heavy atom. The van der Waals surface area contributed by atoms with E-state index in [1.54, 1.807) is 19.9 Å². The minimum absolute atomic E-state index is 0.223. The highest BCUT2D eigenvalue weighted by Crippen LogP contribution is 2.45. The fourth-order valence-corrected chi connectivity index (χ4v) is 4.67. The molecule has 0 radical (unpaired) electrons. The molecule has 1 aliphatic heterocycles. The highest BCUT2D eigenvalue weighted by atomic mass is 19.4. The van der Waals surface area contributed by atoms with Gasteiger partial charge in [0, 0.05) is 25.4 Å². The topological polar surface area (TPSA) is 63.2 Å². The molecular formula is C30H35F3O6. The van der Waals surface area contributed by atoms with Gasteiger partial charge in [0.25, 0.3) is 5.60 Å². The molecule has 0 N–H and O–H groups in total. The van der Waals surface area contributed by atoms with Crippen molar-refractivity contribution in [1.82, 2.24) is 0 Å². The zero-order valence-corrected chi connectivity index (χ0v) is 23.1. The maximum atomic E-state index is 14.5. The van der Waals surface area contributed by atoms with Crippen molar-refractivity contribution in [3.05, 3.63) is 71.3 Å². The van der Waals surface area contributed by atoms with Gasteiger partial charge in [0.05, 0.1) is 0 Å². The fourth-order valence-electron chi connectivity index (χ4n) is 4.67. The van der Waals surface area contributed by atoms with Crippen LogP contribution < -0.4 is 0 Å². The van der Waals surface area contributed by atoms with Gasteiger partial charge < -0.3 is 23.7 Å². The highest BCUT2D eigenvalue weighted by molar-refractivity contribution is 5.83. The molecule has 0 amide bonds. The largest absolute Gasteiger partial charge is 0.451 e. The number of fused-ring (bicyclic) bond motifs is 1. The SMILES string of the molecule is C=C(C#CC1=CC2OC(C)(C)OC2[C@@H](OC)[C@H]1OC(=O)C(OC)(c1ccccc1)C(F)(F)F)CCC=C(C)C. The molecular weight excluding hydrogens is 513 g/mol. The van der Waals surface area contributed by atoms with E-state index in [2.05, 4.69) is 24.5 Å². The van der Waals surface area contributed by atoms with Crippen LogP contribution in [0.15, 0.2) is 65.8 Å². The lowest BCUT2D eigenvalue weighted by molar-refractivity contribution is -0.279. The summed E-state index contributed by atoms with van der Waals surface area (Å²) in [7, 11) is 2.17. The Morgan fingerprint density at radius 1 is 1.15 bits per heavy atom. The monoisotopic (exact) mass is 548 g/mol. The Kier molecular flexibility index (Phi) is 9.50. The number of carbonyl (C=O) groups excluding carboxylic acids is 1. The molecule has 1 saturated heterocycles. The third-order valence-corrected chi connectivity index (χ3v) is 6.50. The molecule has 2 aliphatic rings. The summed E-state index contributed by atoms with van der Waals surface area (Å²) in [6, 6.07) is 6.62. The first kappa shape index (κ1) is 30.6. The Balaban J connectivity index is 2.03. The quantitative estimate of drug-likeness (QED) is 0.233. The van der Waals surface area contributed by atoms with E-state index in [0.717, 1.165) is 31.2 Å². The van der Waals surface area contributed by atoms with Gasteiger partial charge in [-0.15, -0.1) is 0 Å². The van der Waals surface area contributed by atoms with Crippen molar-refractivity contribution in [2.75, 3.05) is 14.2 Å². The van der Waals surface area contributed by atoms with Gasteiger partial charge >= 0.3 is 12.1 Å². The Labute approximate surface area is 227 Å². The third kappa shape index (κ3) is 6.64. The number of hydrogen-bond acceptors (Lipinski definition) is 6. The molecule has 1 aromatic carbocycles. The summed E-state index contributed by atoms with van der Waals surface area (Å²) in [5.41, 5.74) is -1.79. The lowest BCUT2D eigenvalue weighted by Crippen LogP contribution is -2.56. The van der Waals surface area contributed by atoms with E-state index in [1.807, 2.05) is 13.8 Å². The Bertz CT molecular complexity index is 1170. The summed E-state index contributed by atoms with van der Waals surface area (Å²) in [5, 5.41) is 0. The molecule has 1 fully saturated rings. The van der Waals surface area contributed by atoms with Crippen LogP contribution >= 0.6 is 0 Å². The molecule has 39 heavy (non-hydrogen) atoms. The van der Waals surface area contributed by atoms with Crippen molar-refractivity contribution < 1.29 is 41.7 Å². The van der Waals surface area contributed by atoms with Gasteiger partial charge in [0.1, 0.15) is 18.3 Å². The molecule has 0 spiro atoms. The van der Waals surface area contributed by atoms with Crippen molar-refractivity contribution in [3.8, 4) is 11.8 Å². The number of methoxy groups -OCH3 is 2. The second-order valence-corrected chi connectivity index (χ2v) is 10.1. The predicted molar refractivity (Wildman–Crippen MR) is 139 cm³/mol. The van der Waals surface area contributed by atoms with Crippen molar-refractivity contribution in [1.29, 1.82) is 0 Å². The lowest BCUT2D eigenvalue weighted by Gasteiger charge is -2.38. The van der Waals surface area contributed by atoms with Crippen LogP contribution in [0.25, 0.3) is 0 Å². The highest BCUT2D eigenvalue weighted by Gasteiger charge is 2.65. The molecule has 212 valence electrons. The first-order chi connectivity index (χ1) is 18.3. The summed E-state index contributed by atoms with van der Waals surface area (Å²) in [6.07, 6.45) is -3.86. The first-order valence-electron chi connectivity index (χ1n) is 12.6. The molecule has 6 nitrogen and oxygen atoms in total. The van der Waals surface area contributed by atoms with Gasteiger partial charge in [-0.2, -0.15) is 13.2 Å². The molecule has 0 saturated carbocycles. The second-order valence-electron chi connectivity index (χ2n) is 10.1. The van der Waals surface area contributed by atoms with Gasteiger partial charge in [0.15, 0.2) is 11.9 Å². The summed E-state index contributed by atoms with van der Waals surface area (Å²) in [5.74, 6) is 3.24. The van der Waals surface area contributed by atoms with Gasteiger partial charge in [-0.05, 0) is 52.2 Å². The van der Waals surface area contributed by atoms with E-state index in [1.165, 1.54) is 25.3 Å². The maximum Gasteiger partial charge on any atom is 0.432 e.